The van der Waals surface area contributed by atoms with Crippen molar-refractivity contribution in [3.05, 3.63) is 35.9 Å². The minimum absolute atomic E-state index is 0.259. The van der Waals surface area contributed by atoms with Crippen LogP contribution in [0.15, 0.2) is 30.3 Å². The second kappa shape index (κ2) is 5.30. The number of aliphatic carboxylic acids is 1. The predicted molar refractivity (Wildman–Crippen MR) is 58.1 cm³/mol. The zero-order valence-corrected chi connectivity index (χ0v) is 9.21. The smallest absolute Gasteiger partial charge is 0.345 e. The third-order valence-corrected chi connectivity index (χ3v) is 2.09. The predicted octanol–water partition coefficient (Wildman–Crippen LogP) is 1.95. The van der Waals surface area contributed by atoms with Gasteiger partial charge in [-0.3, -0.25) is 0 Å². The zero-order chi connectivity index (χ0) is 12.1. The van der Waals surface area contributed by atoms with Crippen LogP contribution in [0.1, 0.15) is 24.2 Å². The number of esters is 1. The summed E-state index contributed by atoms with van der Waals surface area (Å²) in [4.78, 5) is 22.4. The second-order valence-corrected chi connectivity index (χ2v) is 3.77. The highest BCUT2D eigenvalue weighted by atomic mass is 16.6. The van der Waals surface area contributed by atoms with Crippen molar-refractivity contribution in [3.8, 4) is 0 Å². The lowest BCUT2D eigenvalue weighted by atomic mass is 10.1. The molecule has 0 aliphatic rings. The van der Waals surface area contributed by atoms with Crippen LogP contribution >= 0.6 is 0 Å². The van der Waals surface area contributed by atoms with Gasteiger partial charge in [0.15, 0.2) is 0 Å². The van der Waals surface area contributed by atoms with E-state index >= 15 is 0 Å². The molecule has 1 N–H and O–H groups in total. The monoisotopic (exact) mass is 222 g/mol. The molecule has 0 spiro atoms. The second-order valence-electron chi connectivity index (χ2n) is 3.77. The van der Waals surface area contributed by atoms with Crippen LogP contribution in [0, 0.1) is 5.92 Å². The summed E-state index contributed by atoms with van der Waals surface area (Å²) in [5.41, 5.74) is 0.356. The average molecular weight is 222 g/mol. The molecule has 0 heterocycles. The van der Waals surface area contributed by atoms with Crippen molar-refractivity contribution in [3.63, 3.8) is 0 Å². The fourth-order valence-corrected chi connectivity index (χ4v) is 1.23. The first-order chi connectivity index (χ1) is 7.52. The van der Waals surface area contributed by atoms with Gasteiger partial charge in [0, 0.05) is 5.92 Å². The minimum Gasteiger partial charge on any atom is -0.478 e. The highest BCUT2D eigenvalue weighted by Gasteiger charge is 2.26. The van der Waals surface area contributed by atoms with E-state index in [9.17, 15) is 9.59 Å². The normalized spacial score (nSPS) is 12.2. The van der Waals surface area contributed by atoms with Crippen LogP contribution in [0.2, 0.25) is 0 Å². The van der Waals surface area contributed by atoms with E-state index in [1.165, 1.54) is 0 Å². The molecule has 1 atom stereocenters. The Morgan fingerprint density at radius 1 is 1.19 bits per heavy atom. The van der Waals surface area contributed by atoms with E-state index in [4.69, 9.17) is 9.84 Å². The molecule has 4 heteroatoms. The Bertz CT molecular complexity index is 370. The lowest BCUT2D eigenvalue weighted by Crippen LogP contribution is -2.31. The third kappa shape index (κ3) is 3.08. The van der Waals surface area contributed by atoms with E-state index < -0.39 is 18.0 Å². The Hall–Kier alpha value is -1.84. The number of carboxylic acids is 1. The summed E-state index contributed by atoms with van der Waals surface area (Å²) in [6.45, 7) is 3.38. The van der Waals surface area contributed by atoms with Crippen molar-refractivity contribution in [2.75, 3.05) is 0 Å². The Kier molecular flexibility index (Phi) is 4.05. The number of benzene rings is 1. The van der Waals surface area contributed by atoms with E-state index in [0.29, 0.717) is 5.56 Å². The molecule has 1 aromatic rings. The van der Waals surface area contributed by atoms with Gasteiger partial charge >= 0.3 is 11.9 Å². The van der Waals surface area contributed by atoms with Crippen LogP contribution in [-0.2, 0) is 9.53 Å². The summed E-state index contributed by atoms with van der Waals surface area (Å²) < 4.78 is 4.92. The molecule has 0 bridgehead atoms. The van der Waals surface area contributed by atoms with E-state index in [0.717, 1.165) is 0 Å². The largest absolute Gasteiger partial charge is 0.478 e. The number of carbonyl (C=O) groups excluding carboxylic acids is 1. The third-order valence-electron chi connectivity index (χ3n) is 2.09. The van der Waals surface area contributed by atoms with E-state index in [-0.39, 0.29) is 5.92 Å². The Balaban J connectivity index is 2.74. The minimum atomic E-state index is -1.13. The highest BCUT2D eigenvalue weighted by molar-refractivity contribution is 5.91. The molecule has 1 rings (SSSR count). The maximum absolute atomic E-state index is 11.6. The molecule has 0 unspecified atom stereocenters. The van der Waals surface area contributed by atoms with E-state index in [1.54, 1.807) is 44.2 Å². The van der Waals surface area contributed by atoms with Crippen LogP contribution < -0.4 is 0 Å². The van der Waals surface area contributed by atoms with E-state index in [2.05, 4.69) is 0 Å². The maximum Gasteiger partial charge on any atom is 0.345 e. The van der Waals surface area contributed by atoms with Gasteiger partial charge in [0.05, 0.1) is 5.56 Å². The fourth-order valence-electron chi connectivity index (χ4n) is 1.23. The Morgan fingerprint density at radius 2 is 1.75 bits per heavy atom. The van der Waals surface area contributed by atoms with Gasteiger partial charge in [-0.2, -0.15) is 0 Å². The molecular formula is C12H14O4. The first-order valence-corrected chi connectivity index (χ1v) is 5.01. The van der Waals surface area contributed by atoms with Crippen LogP contribution in [0.4, 0.5) is 0 Å². The Labute approximate surface area is 93.9 Å². The topological polar surface area (TPSA) is 63.6 Å². The lowest BCUT2D eigenvalue weighted by Gasteiger charge is -2.16. The number of hydrogen-bond acceptors (Lipinski definition) is 3. The van der Waals surface area contributed by atoms with Crippen molar-refractivity contribution < 1.29 is 19.4 Å². The van der Waals surface area contributed by atoms with Gasteiger partial charge in [-0.05, 0) is 12.1 Å². The summed E-state index contributed by atoms with van der Waals surface area (Å²) in [5.74, 6) is -1.99. The van der Waals surface area contributed by atoms with Crippen molar-refractivity contribution in [1.29, 1.82) is 0 Å². The number of ether oxygens (including phenoxy) is 1. The SMILES string of the molecule is CC(C)[C@H](OC(=O)c1ccccc1)C(=O)O. The molecule has 1 aromatic carbocycles. The summed E-state index contributed by atoms with van der Waals surface area (Å²) in [6.07, 6.45) is -1.10. The first kappa shape index (κ1) is 12.2. The fraction of sp³-hybridized carbons (Fsp3) is 0.333. The summed E-state index contributed by atoms with van der Waals surface area (Å²) in [6, 6.07) is 8.33. The molecule has 0 radical (unpaired) electrons. The standard InChI is InChI=1S/C12H14O4/c1-8(2)10(11(13)14)16-12(15)9-6-4-3-5-7-9/h3-8,10H,1-2H3,(H,13,14)/t10-/m0/s1. The molecular weight excluding hydrogens is 208 g/mol. The molecule has 16 heavy (non-hydrogen) atoms. The van der Waals surface area contributed by atoms with Gasteiger partial charge in [-0.1, -0.05) is 32.0 Å². The number of rotatable bonds is 4. The highest BCUT2D eigenvalue weighted by Crippen LogP contribution is 2.10. The van der Waals surface area contributed by atoms with E-state index in [1.807, 2.05) is 0 Å². The zero-order valence-electron chi connectivity index (χ0n) is 9.21. The number of hydrogen-bond donors (Lipinski definition) is 1. The molecule has 4 nitrogen and oxygen atoms in total. The number of carboxylic acid groups (broad SMARTS) is 1. The van der Waals surface area contributed by atoms with Gasteiger partial charge in [0.1, 0.15) is 0 Å². The van der Waals surface area contributed by atoms with Crippen LogP contribution in [0.25, 0.3) is 0 Å². The van der Waals surface area contributed by atoms with Gasteiger partial charge < -0.3 is 9.84 Å². The molecule has 0 saturated carbocycles. The molecule has 0 saturated heterocycles. The van der Waals surface area contributed by atoms with Crippen molar-refractivity contribution >= 4 is 11.9 Å². The molecule has 0 amide bonds. The molecule has 86 valence electrons. The number of carbonyl (C=O) groups is 2. The quantitative estimate of drug-likeness (QED) is 0.791. The summed E-state index contributed by atoms with van der Waals surface area (Å²) in [7, 11) is 0. The maximum atomic E-state index is 11.6. The molecule has 0 aliphatic carbocycles. The Morgan fingerprint density at radius 3 is 2.19 bits per heavy atom. The molecule has 0 fully saturated rings. The first-order valence-electron chi connectivity index (χ1n) is 5.01. The van der Waals surface area contributed by atoms with Crippen LogP contribution in [0.3, 0.4) is 0 Å². The van der Waals surface area contributed by atoms with Crippen LogP contribution in [-0.4, -0.2) is 23.1 Å². The molecule has 0 aromatic heterocycles. The summed E-state index contributed by atoms with van der Waals surface area (Å²) >= 11 is 0. The lowest BCUT2D eigenvalue weighted by molar-refractivity contribution is -0.149. The molecule has 0 aliphatic heterocycles. The van der Waals surface area contributed by atoms with Gasteiger partial charge in [0.25, 0.3) is 0 Å². The van der Waals surface area contributed by atoms with Crippen LogP contribution in [0.5, 0.6) is 0 Å². The van der Waals surface area contributed by atoms with Crippen molar-refractivity contribution in [2.45, 2.75) is 20.0 Å². The van der Waals surface area contributed by atoms with Crippen molar-refractivity contribution in [2.24, 2.45) is 5.92 Å². The van der Waals surface area contributed by atoms with Gasteiger partial charge in [0.2, 0.25) is 6.10 Å². The van der Waals surface area contributed by atoms with Gasteiger partial charge in [-0.15, -0.1) is 0 Å². The van der Waals surface area contributed by atoms with Gasteiger partial charge in [-0.25, -0.2) is 9.59 Å². The van der Waals surface area contributed by atoms with Crippen molar-refractivity contribution in [1.82, 2.24) is 0 Å². The average Bonchev–Trinajstić information content (AvgIpc) is 2.25. The summed E-state index contributed by atoms with van der Waals surface area (Å²) in [5, 5.41) is 8.86.